The van der Waals surface area contributed by atoms with Crippen molar-refractivity contribution in [3.8, 4) is 0 Å². The van der Waals surface area contributed by atoms with Gasteiger partial charge in [-0.15, -0.1) is 11.3 Å². The molecular formula is C21H19Cl2N3O6S3. The molecule has 2 heterocycles. The second-order valence-electron chi connectivity index (χ2n) is 7.35. The lowest BCUT2D eigenvalue weighted by Gasteiger charge is -2.26. The van der Waals surface area contributed by atoms with Crippen LogP contribution in [0, 0.1) is 0 Å². The van der Waals surface area contributed by atoms with Crippen LogP contribution in [-0.2, 0) is 24.8 Å². The third kappa shape index (κ3) is 5.97. The number of halogens is 2. The highest BCUT2D eigenvalue weighted by Crippen LogP contribution is 2.29. The van der Waals surface area contributed by atoms with Crippen molar-refractivity contribution in [1.82, 2.24) is 4.31 Å². The zero-order valence-electron chi connectivity index (χ0n) is 17.9. The Bertz CT molecular complexity index is 1450. The summed E-state index contributed by atoms with van der Waals surface area (Å²) in [5, 5.41) is 2.77. The first-order chi connectivity index (χ1) is 16.6. The monoisotopic (exact) mass is 575 g/mol. The number of anilines is 2. The summed E-state index contributed by atoms with van der Waals surface area (Å²) in [6, 6.07) is 12.7. The molecule has 186 valence electrons. The van der Waals surface area contributed by atoms with Gasteiger partial charge < -0.3 is 10.1 Å². The number of hydrogen-bond donors (Lipinski definition) is 2. The van der Waals surface area contributed by atoms with Gasteiger partial charge in [-0.1, -0.05) is 23.2 Å². The van der Waals surface area contributed by atoms with Crippen molar-refractivity contribution in [1.29, 1.82) is 0 Å². The maximum Gasteiger partial charge on any atom is 0.271 e. The van der Waals surface area contributed by atoms with Crippen LogP contribution in [0.4, 0.5) is 11.4 Å². The Labute approximate surface area is 216 Å². The fourth-order valence-corrected chi connectivity index (χ4v) is 7.37. The molecule has 1 aromatic heterocycles. The van der Waals surface area contributed by atoms with Crippen molar-refractivity contribution in [3.63, 3.8) is 0 Å². The lowest BCUT2D eigenvalue weighted by atomic mass is 10.2. The Morgan fingerprint density at radius 3 is 2.26 bits per heavy atom. The molecule has 1 fully saturated rings. The predicted octanol–water partition coefficient (Wildman–Crippen LogP) is 4.13. The van der Waals surface area contributed by atoms with Crippen LogP contribution in [0.5, 0.6) is 0 Å². The average Bonchev–Trinajstić information content (AvgIpc) is 3.28. The van der Waals surface area contributed by atoms with E-state index in [0.717, 1.165) is 11.3 Å². The summed E-state index contributed by atoms with van der Waals surface area (Å²) in [7, 11) is -7.59. The number of carbonyl (C=O) groups is 1. The van der Waals surface area contributed by atoms with E-state index in [4.69, 9.17) is 27.9 Å². The van der Waals surface area contributed by atoms with Crippen LogP contribution in [0.3, 0.4) is 0 Å². The number of hydrogen-bond acceptors (Lipinski definition) is 7. The van der Waals surface area contributed by atoms with Gasteiger partial charge in [0.2, 0.25) is 10.0 Å². The average molecular weight is 577 g/mol. The number of benzene rings is 2. The van der Waals surface area contributed by atoms with E-state index in [2.05, 4.69) is 10.0 Å². The molecule has 0 saturated carbocycles. The Morgan fingerprint density at radius 1 is 0.943 bits per heavy atom. The number of nitrogens with one attached hydrogen (secondary N) is 2. The van der Waals surface area contributed by atoms with Gasteiger partial charge in [0.05, 0.1) is 33.2 Å². The molecule has 0 radical (unpaired) electrons. The van der Waals surface area contributed by atoms with E-state index in [1.807, 2.05) is 0 Å². The van der Waals surface area contributed by atoms with E-state index < -0.39 is 26.0 Å². The summed E-state index contributed by atoms with van der Waals surface area (Å²) in [5.41, 5.74) is 0.595. The van der Waals surface area contributed by atoms with E-state index >= 15 is 0 Å². The minimum Gasteiger partial charge on any atom is -0.379 e. The van der Waals surface area contributed by atoms with Gasteiger partial charge >= 0.3 is 0 Å². The number of amides is 1. The Morgan fingerprint density at radius 2 is 1.63 bits per heavy atom. The van der Waals surface area contributed by atoms with E-state index in [-0.39, 0.29) is 44.2 Å². The molecule has 0 spiro atoms. The molecule has 1 aliphatic heterocycles. The number of ether oxygens (including phenoxy) is 1. The molecular weight excluding hydrogens is 557 g/mol. The molecule has 0 unspecified atom stereocenters. The lowest BCUT2D eigenvalue weighted by molar-refractivity contribution is 0.0730. The topological polar surface area (TPSA) is 122 Å². The van der Waals surface area contributed by atoms with Crippen molar-refractivity contribution in [3.05, 3.63) is 69.5 Å². The summed E-state index contributed by atoms with van der Waals surface area (Å²) < 4.78 is 60.0. The van der Waals surface area contributed by atoms with Gasteiger partial charge in [-0.05, 0) is 54.6 Å². The minimum absolute atomic E-state index is 0.00228. The van der Waals surface area contributed by atoms with Crippen molar-refractivity contribution in [2.45, 2.75) is 9.10 Å². The van der Waals surface area contributed by atoms with Crippen molar-refractivity contribution >= 4 is 71.9 Å². The Kier molecular flexibility index (Phi) is 7.71. The predicted molar refractivity (Wildman–Crippen MR) is 136 cm³/mol. The highest BCUT2D eigenvalue weighted by atomic mass is 35.5. The van der Waals surface area contributed by atoms with Crippen LogP contribution in [0.2, 0.25) is 9.36 Å². The zero-order chi connectivity index (χ0) is 25.2. The fraction of sp³-hybridized carbons (Fsp3) is 0.190. The van der Waals surface area contributed by atoms with Gasteiger partial charge in [-0.25, -0.2) is 16.8 Å². The van der Waals surface area contributed by atoms with E-state index in [0.29, 0.717) is 17.6 Å². The van der Waals surface area contributed by atoms with Gasteiger partial charge in [0.15, 0.2) is 0 Å². The van der Waals surface area contributed by atoms with Crippen LogP contribution in [0.15, 0.2) is 63.7 Å². The molecule has 9 nitrogen and oxygen atoms in total. The molecule has 3 aromatic rings. The number of rotatable bonds is 7. The molecule has 2 N–H and O–H groups in total. The smallest absolute Gasteiger partial charge is 0.271 e. The first kappa shape index (κ1) is 25.9. The molecule has 2 aromatic carbocycles. The number of carbonyl (C=O) groups excluding carboxylic acids is 1. The third-order valence-corrected chi connectivity index (χ3v) is 10.3. The first-order valence-electron chi connectivity index (χ1n) is 10.1. The molecule has 1 saturated heterocycles. The van der Waals surface area contributed by atoms with Gasteiger partial charge in [0, 0.05) is 24.3 Å². The van der Waals surface area contributed by atoms with Gasteiger partial charge in [0.1, 0.15) is 4.21 Å². The van der Waals surface area contributed by atoms with E-state index in [1.54, 1.807) is 0 Å². The highest BCUT2D eigenvalue weighted by molar-refractivity contribution is 7.94. The largest absolute Gasteiger partial charge is 0.379 e. The van der Waals surface area contributed by atoms with Gasteiger partial charge in [-0.2, -0.15) is 4.31 Å². The second-order valence-corrected chi connectivity index (χ2v) is 13.3. The summed E-state index contributed by atoms with van der Waals surface area (Å²) in [6.07, 6.45) is 0. The number of thiophene rings is 1. The summed E-state index contributed by atoms with van der Waals surface area (Å²) in [6.45, 7) is 1.10. The molecule has 14 heteroatoms. The summed E-state index contributed by atoms with van der Waals surface area (Å²) in [4.78, 5) is 12.7. The number of nitrogens with zero attached hydrogens (tertiary/aromatic N) is 1. The minimum atomic E-state index is -3.81. The van der Waals surface area contributed by atoms with Gasteiger partial charge in [-0.3, -0.25) is 9.52 Å². The lowest BCUT2D eigenvalue weighted by Crippen LogP contribution is -2.40. The quantitative estimate of drug-likeness (QED) is 0.436. The SMILES string of the molecule is O=C(Nc1cc(S(=O)(=O)N2CCOCC2)ccc1Cl)c1ccc(NS(=O)(=O)c2ccc(Cl)s2)cc1. The summed E-state index contributed by atoms with van der Waals surface area (Å²) >= 11 is 12.9. The van der Waals surface area contributed by atoms with Gasteiger partial charge in [0.25, 0.3) is 15.9 Å². The highest BCUT2D eigenvalue weighted by Gasteiger charge is 2.27. The molecule has 1 amide bonds. The van der Waals surface area contributed by atoms with Crippen LogP contribution < -0.4 is 10.0 Å². The first-order valence-corrected chi connectivity index (χ1v) is 14.6. The number of morpholine rings is 1. The van der Waals surface area contributed by atoms with Crippen LogP contribution in [-0.4, -0.2) is 53.4 Å². The molecule has 4 rings (SSSR count). The second kappa shape index (κ2) is 10.4. The van der Waals surface area contributed by atoms with Crippen LogP contribution in [0.25, 0.3) is 0 Å². The normalized spacial score (nSPS) is 15.0. The Hall–Kier alpha value is -2.19. The van der Waals surface area contributed by atoms with Crippen LogP contribution in [0.1, 0.15) is 10.4 Å². The maximum atomic E-state index is 12.9. The summed E-state index contributed by atoms with van der Waals surface area (Å²) in [5.74, 6) is -0.549. The molecule has 0 aliphatic carbocycles. The molecule has 0 bridgehead atoms. The standard InChI is InChI=1S/C21H19Cl2N3O6S3/c22-17-6-5-16(35(30,31)26-9-11-32-12-10-26)13-18(17)24-21(27)14-1-3-15(4-2-14)25-34(28,29)20-8-7-19(23)33-20/h1-8,13,25H,9-12H2,(H,24,27). The zero-order valence-corrected chi connectivity index (χ0v) is 21.9. The molecule has 1 aliphatic rings. The Balaban J connectivity index is 1.48. The maximum absolute atomic E-state index is 12.9. The van der Waals surface area contributed by atoms with E-state index in [9.17, 15) is 21.6 Å². The molecule has 0 atom stereocenters. The van der Waals surface area contributed by atoms with Crippen molar-refractivity contribution < 1.29 is 26.4 Å². The fourth-order valence-electron chi connectivity index (χ4n) is 3.23. The van der Waals surface area contributed by atoms with Crippen molar-refractivity contribution in [2.24, 2.45) is 0 Å². The van der Waals surface area contributed by atoms with E-state index in [1.165, 1.54) is 58.9 Å². The number of sulfonamides is 2. The third-order valence-electron chi connectivity index (χ3n) is 5.01. The van der Waals surface area contributed by atoms with Crippen LogP contribution >= 0.6 is 34.5 Å². The van der Waals surface area contributed by atoms with Crippen molar-refractivity contribution in [2.75, 3.05) is 36.3 Å². The molecule has 35 heavy (non-hydrogen) atoms.